The number of amides is 1. The lowest BCUT2D eigenvalue weighted by Crippen LogP contribution is -2.34. The molecule has 0 aromatic heterocycles. The molecule has 0 aliphatic rings. The van der Waals surface area contributed by atoms with Crippen molar-refractivity contribution in [2.45, 2.75) is 13.0 Å². The number of nitro groups is 1. The van der Waals surface area contributed by atoms with Gasteiger partial charge in [-0.1, -0.05) is 0 Å². The third-order valence-corrected chi connectivity index (χ3v) is 2.39. The Morgan fingerprint density at radius 2 is 2.21 bits per heavy atom. The van der Waals surface area contributed by atoms with Gasteiger partial charge in [-0.15, -0.1) is 0 Å². The number of aliphatic hydroxyl groups is 1. The van der Waals surface area contributed by atoms with E-state index in [2.05, 4.69) is 5.32 Å². The average molecular weight is 268 g/mol. The van der Waals surface area contributed by atoms with E-state index in [4.69, 9.17) is 4.74 Å². The number of nitrogens with one attached hydrogen (secondary N) is 1. The van der Waals surface area contributed by atoms with E-state index in [0.29, 0.717) is 5.56 Å². The minimum absolute atomic E-state index is 0.0222. The summed E-state index contributed by atoms with van der Waals surface area (Å²) in [6, 6.07) is 4.13. The molecule has 7 heteroatoms. The number of carbonyl (C=O) groups excluding carboxylic acids is 1. The van der Waals surface area contributed by atoms with Crippen LogP contribution < -0.4 is 5.32 Å². The fourth-order valence-corrected chi connectivity index (χ4v) is 1.56. The Bertz CT molecular complexity index is 475. The molecular formula is C12H16N2O5. The van der Waals surface area contributed by atoms with Gasteiger partial charge in [0.15, 0.2) is 0 Å². The van der Waals surface area contributed by atoms with Crippen LogP contribution in [-0.4, -0.2) is 42.3 Å². The number of hydrogen-bond acceptors (Lipinski definition) is 5. The van der Waals surface area contributed by atoms with Crippen LogP contribution in [0, 0.1) is 17.0 Å². The van der Waals surface area contributed by atoms with E-state index in [1.54, 1.807) is 13.0 Å². The van der Waals surface area contributed by atoms with Crippen LogP contribution in [0.3, 0.4) is 0 Å². The molecule has 0 saturated heterocycles. The van der Waals surface area contributed by atoms with Crippen molar-refractivity contribution >= 4 is 11.6 Å². The van der Waals surface area contributed by atoms with Gasteiger partial charge in [-0.3, -0.25) is 14.9 Å². The minimum atomic E-state index is -0.811. The van der Waals surface area contributed by atoms with E-state index in [-0.39, 0.29) is 24.4 Å². The van der Waals surface area contributed by atoms with Gasteiger partial charge in [0.05, 0.1) is 17.6 Å². The summed E-state index contributed by atoms with van der Waals surface area (Å²) in [4.78, 5) is 21.9. The smallest absolute Gasteiger partial charge is 0.270 e. The molecule has 7 nitrogen and oxygen atoms in total. The van der Waals surface area contributed by atoms with Gasteiger partial charge in [0.1, 0.15) is 0 Å². The maximum atomic E-state index is 11.8. The van der Waals surface area contributed by atoms with E-state index in [0.717, 1.165) is 0 Å². The summed E-state index contributed by atoms with van der Waals surface area (Å²) >= 11 is 0. The first kappa shape index (κ1) is 15.1. The van der Waals surface area contributed by atoms with Crippen LogP contribution >= 0.6 is 0 Å². The summed E-state index contributed by atoms with van der Waals surface area (Å²) in [6.45, 7) is 1.80. The Labute approximate surface area is 110 Å². The fraction of sp³-hybridized carbons (Fsp3) is 0.417. The molecule has 0 heterocycles. The molecule has 1 aromatic rings. The quantitative estimate of drug-likeness (QED) is 0.582. The second-order valence-corrected chi connectivity index (χ2v) is 4.13. The highest BCUT2D eigenvalue weighted by molar-refractivity contribution is 5.95. The number of rotatable bonds is 6. The second-order valence-electron chi connectivity index (χ2n) is 4.13. The number of nitrogens with zero attached hydrogens (tertiary/aromatic N) is 1. The molecule has 1 atom stereocenters. The number of hydrogen-bond donors (Lipinski definition) is 2. The Hall–Kier alpha value is -1.99. The molecule has 1 aromatic carbocycles. The monoisotopic (exact) mass is 268 g/mol. The molecule has 1 unspecified atom stereocenters. The van der Waals surface area contributed by atoms with E-state index in [1.165, 1.54) is 19.2 Å². The van der Waals surface area contributed by atoms with Gasteiger partial charge < -0.3 is 15.2 Å². The van der Waals surface area contributed by atoms with E-state index in [9.17, 15) is 20.0 Å². The normalized spacial score (nSPS) is 11.9. The molecule has 1 amide bonds. The van der Waals surface area contributed by atoms with Crippen molar-refractivity contribution in [2.24, 2.45) is 0 Å². The number of nitro benzene ring substituents is 1. The predicted octanol–water partition coefficient (Wildman–Crippen LogP) is 0.640. The number of non-ortho nitro benzene ring substituents is 1. The molecule has 0 radical (unpaired) electrons. The van der Waals surface area contributed by atoms with Crippen molar-refractivity contribution in [2.75, 3.05) is 20.3 Å². The molecule has 0 fully saturated rings. The largest absolute Gasteiger partial charge is 0.389 e. The maximum Gasteiger partial charge on any atom is 0.270 e. The summed E-state index contributed by atoms with van der Waals surface area (Å²) in [6.07, 6.45) is -0.811. The molecule has 0 spiro atoms. The fourth-order valence-electron chi connectivity index (χ4n) is 1.56. The molecule has 2 N–H and O–H groups in total. The van der Waals surface area contributed by atoms with Crippen molar-refractivity contribution in [3.8, 4) is 0 Å². The SMILES string of the molecule is COCC(O)CNC(=O)c1cc(C)cc([N+](=O)[O-])c1. The third-order valence-electron chi connectivity index (χ3n) is 2.39. The van der Waals surface area contributed by atoms with Crippen molar-refractivity contribution in [3.63, 3.8) is 0 Å². The lowest BCUT2D eigenvalue weighted by molar-refractivity contribution is -0.384. The highest BCUT2D eigenvalue weighted by Crippen LogP contribution is 2.16. The number of ether oxygens (including phenoxy) is 1. The van der Waals surface area contributed by atoms with E-state index in [1.807, 2.05) is 0 Å². The van der Waals surface area contributed by atoms with E-state index < -0.39 is 16.9 Å². The lowest BCUT2D eigenvalue weighted by atomic mass is 10.1. The van der Waals surface area contributed by atoms with Gasteiger partial charge in [0.25, 0.3) is 11.6 Å². The maximum absolute atomic E-state index is 11.8. The van der Waals surface area contributed by atoms with Gasteiger partial charge >= 0.3 is 0 Å². The van der Waals surface area contributed by atoms with Gasteiger partial charge in [-0.2, -0.15) is 0 Å². The van der Waals surface area contributed by atoms with Crippen LogP contribution in [0.25, 0.3) is 0 Å². The summed E-state index contributed by atoms with van der Waals surface area (Å²) in [5.41, 5.74) is 0.677. The Morgan fingerprint density at radius 1 is 1.53 bits per heavy atom. The van der Waals surface area contributed by atoms with Gasteiger partial charge in [-0.25, -0.2) is 0 Å². The van der Waals surface area contributed by atoms with Crippen LogP contribution in [0.2, 0.25) is 0 Å². The summed E-state index contributed by atoms with van der Waals surface area (Å²) < 4.78 is 4.72. The number of carbonyl (C=O) groups is 1. The topological polar surface area (TPSA) is 102 Å². The van der Waals surface area contributed by atoms with Crippen molar-refractivity contribution in [1.82, 2.24) is 5.32 Å². The molecule has 1 rings (SSSR count). The molecular weight excluding hydrogens is 252 g/mol. The van der Waals surface area contributed by atoms with Crippen LogP contribution in [0.1, 0.15) is 15.9 Å². The first-order chi connectivity index (χ1) is 8.93. The van der Waals surface area contributed by atoms with Crippen LogP contribution in [0.4, 0.5) is 5.69 Å². The van der Waals surface area contributed by atoms with Gasteiger partial charge in [0, 0.05) is 31.4 Å². The van der Waals surface area contributed by atoms with Crippen LogP contribution in [0.5, 0.6) is 0 Å². The minimum Gasteiger partial charge on any atom is -0.389 e. The average Bonchev–Trinajstić information content (AvgIpc) is 2.35. The first-order valence-corrected chi connectivity index (χ1v) is 5.65. The van der Waals surface area contributed by atoms with Gasteiger partial charge in [-0.05, 0) is 18.6 Å². The Balaban J connectivity index is 2.74. The van der Waals surface area contributed by atoms with Crippen LogP contribution in [0.15, 0.2) is 18.2 Å². The van der Waals surface area contributed by atoms with Crippen molar-refractivity contribution < 1.29 is 19.6 Å². The lowest BCUT2D eigenvalue weighted by Gasteiger charge is -2.11. The molecule has 0 aliphatic heterocycles. The predicted molar refractivity (Wildman–Crippen MR) is 68.0 cm³/mol. The summed E-state index contributed by atoms with van der Waals surface area (Å²) in [5.74, 6) is -0.470. The zero-order valence-electron chi connectivity index (χ0n) is 10.8. The second kappa shape index (κ2) is 6.81. The standard InChI is InChI=1S/C12H16N2O5/c1-8-3-9(5-10(4-8)14(17)18)12(16)13-6-11(15)7-19-2/h3-5,11,15H,6-7H2,1-2H3,(H,13,16). The number of benzene rings is 1. The molecule has 19 heavy (non-hydrogen) atoms. The van der Waals surface area contributed by atoms with Crippen molar-refractivity contribution in [1.29, 1.82) is 0 Å². The number of aryl methyl sites for hydroxylation is 1. The zero-order valence-corrected chi connectivity index (χ0v) is 10.8. The van der Waals surface area contributed by atoms with Gasteiger partial charge in [0.2, 0.25) is 0 Å². The third kappa shape index (κ3) is 4.65. The molecule has 104 valence electrons. The van der Waals surface area contributed by atoms with Crippen molar-refractivity contribution in [3.05, 3.63) is 39.4 Å². The molecule has 0 aliphatic carbocycles. The summed E-state index contributed by atoms with van der Waals surface area (Å²) in [5, 5.41) is 22.6. The summed E-state index contributed by atoms with van der Waals surface area (Å²) in [7, 11) is 1.44. The molecule has 0 bridgehead atoms. The van der Waals surface area contributed by atoms with E-state index >= 15 is 0 Å². The molecule has 0 saturated carbocycles. The van der Waals surface area contributed by atoms with Crippen LogP contribution in [-0.2, 0) is 4.74 Å². The zero-order chi connectivity index (χ0) is 14.4. The highest BCUT2D eigenvalue weighted by atomic mass is 16.6. The Morgan fingerprint density at radius 3 is 2.79 bits per heavy atom. The Kier molecular flexibility index (Phi) is 5.40. The first-order valence-electron chi connectivity index (χ1n) is 5.65. The number of aliphatic hydroxyl groups excluding tert-OH is 1. The number of methoxy groups -OCH3 is 1. The highest BCUT2D eigenvalue weighted by Gasteiger charge is 2.14.